The second kappa shape index (κ2) is 12.4. The first kappa shape index (κ1) is 20.9. The second-order valence-electron chi connectivity index (χ2n) is 5.83. The van der Waals surface area contributed by atoms with Gasteiger partial charge in [0.15, 0.2) is 0 Å². The SMILES string of the molecule is CCC[C@@](C)(CNC(=O)CCCOC)NC(=O)CCCOC. The van der Waals surface area contributed by atoms with E-state index in [1.54, 1.807) is 14.2 Å². The topological polar surface area (TPSA) is 76.7 Å². The van der Waals surface area contributed by atoms with Crippen molar-refractivity contribution in [1.29, 1.82) is 0 Å². The predicted octanol–water partition coefficient (Wildman–Crippen LogP) is 1.63. The monoisotopic (exact) mass is 316 g/mol. The number of methoxy groups -OCH3 is 2. The van der Waals surface area contributed by atoms with Gasteiger partial charge in [0.05, 0.1) is 5.54 Å². The number of hydrogen-bond donors (Lipinski definition) is 2. The van der Waals surface area contributed by atoms with Crippen molar-refractivity contribution in [3.8, 4) is 0 Å². The lowest BCUT2D eigenvalue weighted by molar-refractivity contribution is -0.125. The van der Waals surface area contributed by atoms with Crippen LogP contribution in [-0.4, -0.2) is 51.3 Å². The van der Waals surface area contributed by atoms with Gasteiger partial charge >= 0.3 is 0 Å². The molecule has 6 nitrogen and oxygen atoms in total. The molecule has 0 spiro atoms. The summed E-state index contributed by atoms with van der Waals surface area (Å²) < 4.78 is 9.88. The summed E-state index contributed by atoms with van der Waals surface area (Å²) >= 11 is 0. The van der Waals surface area contributed by atoms with E-state index in [-0.39, 0.29) is 11.8 Å². The number of nitrogens with one attached hydrogen (secondary N) is 2. The molecule has 0 saturated carbocycles. The van der Waals surface area contributed by atoms with E-state index in [0.717, 1.165) is 12.8 Å². The van der Waals surface area contributed by atoms with Crippen LogP contribution in [-0.2, 0) is 19.1 Å². The van der Waals surface area contributed by atoms with Crippen LogP contribution in [0.3, 0.4) is 0 Å². The van der Waals surface area contributed by atoms with Crippen molar-refractivity contribution in [2.45, 2.75) is 57.9 Å². The molecule has 130 valence electrons. The van der Waals surface area contributed by atoms with Crippen LogP contribution >= 0.6 is 0 Å². The molecule has 0 unspecified atom stereocenters. The Kier molecular flexibility index (Phi) is 11.8. The summed E-state index contributed by atoms with van der Waals surface area (Å²) in [4.78, 5) is 23.7. The van der Waals surface area contributed by atoms with Gasteiger partial charge in [-0.3, -0.25) is 9.59 Å². The van der Waals surface area contributed by atoms with E-state index in [0.29, 0.717) is 45.4 Å². The van der Waals surface area contributed by atoms with Gasteiger partial charge in [-0.1, -0.05) is 13.3 Å². The maximum absolute atomic E-state index is 12.0. The van der Waals surface area contributed by atoms with Crippen molar-refractivity contribution < 1.29 is 19.1 Å². The highest BCUT2D eigenvalue weighted by molar-refractivity contribution is 5.78. The minimum Gasteiger partial charge on any atom is -0.385 e. The van der Waals surface area contributed by atoms with Gasteiger partial charge in [-0.15, -0.1) is 0 Å². The second-order valence-corrected chi connectivity index (χ2v) is 5.83. The summed E-state index contributed by atoms with van der Waals surface area (Å²) in [7, 11) is 3.24. The van der Waals surface area contributed by atoms with E-state index in [1.807, 2.05) is 6.92 Å². The Morgan fingerprint density at radius 3 is 2.05 bits per heavy atom. The molecule has 0 aromatic heterocycles. The Morgan fingerprint density at radius 1 is 1.00 bits per heavy atom. The molecule has 0 heterocycles. The summed E-state index contributed by atoms with van der Waals surface area (Å²) in [6.45, 7) is 5.64. The largest absolute Gasteiger partial charge is 0.385 e. The zero-order valence-corrected chi connectivity index (χ0v) is 14.5. The van der Waals surface area contributed by atoms with Crippen molar-refractivity contribution in [2.24, 2.45) is 0 Å². The Hall–Kier alpha value is -1.14. The quantitative estimate of drug-likeness (QED) is 0.506. The number of carbonyl (C=O) groups is 2. The molecule has 1 atom stereocenters. The van der Waals surface area contributed by atoms with Crippen molar-refractivity contribution in [3.05, 3.63) is 0 Å². The molecule has 0 bridgehead atoms. The van der Waals surface area contributed by atoms with Crippen LogP contribution in [0, 0.1) is 0 Å². The van der Waals surface area contributed by atoms with E-state index < -0.39 is 5.54 Å². The zero-order chi connectivity index (χ0) is 16.8. The molecule has 2 N–H and O–H groups in total. The molecule has 22 heavy (non-hydrogen) atoms. The predicted molar refractivity (Wildman–Crippen MR) is 86.7 cm³/mol. The summed E-state index contributed by atoms with van der Waals surface area (Å²) in [6.07, 6.45) is 4.05. The van der Waals surface area contributed by atoms with E-state index in [9.17, 15) is 9.59 Å². The lowest BCUT2D eigenvalue weighted by Gasteiger charge is -2.31. The van der Waals surface area contributed by atoms with Crippen molar-refractivity contribution in [2.75, 3.05) is 34.0 Å². The standard InChI is InChI=1S/C16H32N2O4/c1-5-10-16(2,18-15(20)9-7-12-22-4)13-17-14(19)8-6-11-21-3/h5-13H2,1-4H3,(H,17,19)(H,18,20)/t16-/m0/s1. The molecule has 0 aliphatic rings. The molecule has 6 heteroatoms. The number of hydrogen-bond acceptors (Lipinski definition) is 4. The molecule has 0 rings (SSSR count). The summed E-state index contributed by atoms with van der Waals surface area (Å²) in [5.41, 5.74) is -0.407. The highest BCUT2D eigenvalue weighted by Gasteiger charge is 2.25. The number of ether oxygens (including phenoxy) is 2. The Balaban J connectivity index is 4.24. The maximum atomic E-state index is 12.0. The first-order valence-corrected chi connectivity index (χ1v) is 8.03. The van der Waals surface area contributed by atoms with Crippen LogP contribution in [0.4, 0.5) is 0 Å². The average Bonchev–Trinajstić information content (AvgIpc) is 2.46. The first-order chi connectivity index (χ1) is 10.5. The Bertz CT molecular complexity index is 323. The molecule has 0 aromatic carbocycles. The molecular formula is C16H32N2O4. The van der Waals surface area contributed by atoms with Crippen molar-refractivity contribution in [3.63, 3.8) is 0 Å². The van der Waals surface area contributed by atoms with Crippen LogP contribution in [0.15, 0.2) is 0 Å². The summed E-state index contributed by atoms with van der Waals surface area (Å²) in [5, 5.41) is 5.95. The fourth-order valence-corrected chi connectivity index (χ4v) is 2.28. The van der Waals surface area contributed by atoms with E-state index in [4.69, 9.17) is 9.47 Å². The fraction of sp³-hybridized carbons (Fsp3) is 0.875. The van der Waals surface area contributed by atoms with Crippen LogP contribution in [0.25, 0.3) is 0 Å². The third-order valence-corrected chi connectivity index (χ3v) is 3.42. The first-order valence-electron chi connectivity index (χ1n) is 8.03. The van der Waals surface area contributed by atoms with Gasteiger partial charge in [0.25, 0.3) is 0 Å². The third-order valence-electron chi connectivity index (χ3n) is 3.42. The van der Waals surface area contributed by atoms with Gasteiger partial charge in [-0.05, 0) is 26.2 Å². The average molecular weight is 316 g/mol. The van der Waals surface area contributed by atoms with Gasteiger partial charge in [0, 0.05) is 46.8 Å². The Morgan fingerprint density at radius 2 is 1.55 bits per heavy atom. The normalized spacial score (nSPS) is 13.5. The highest BCUT2D eigenvalue weighted by atomic mass is 16.5. The van der Waals surface area contributed by atoms with Crippen LogP contribution in [0.5, 0.6) is 0 Å². The molecule has 0 fully saturated rings. The lowest BCUT2D eigenvalue weighted by atomic mass is 9.95. The summed E-state index contributed by atoms with van der Waals surface area (Å²) in [6, 6.07) is 0. The third kappa shape index (κ3) is 10.6. The van der Waals surface area contributed by atoms with Gasteiger partial charge in [0.2, 0.25) is 11.8 Å². The minimum absolute atomic E-state index is 0.00151. The molecule has 0 aliphatic carbocycles. The van der Waals surface area contributed by atoms with Crippen molar-refractivity contribution in [1.82, 2.24) is 10.6 Å². The van der Waals surface area contributed by atoms with Gasteiger partial charge < -0.3 is 20.1 Å². The summed E-state index contributed by atoms with van der Waals surface area (Å²) in [5.74, 6) is -0.00496. The van der Waals surface area contributed by atoms with Gasteiger partial charge in [-0.25, -0.2) is 0 Å². The molecule has 0 saturated heterocycles. The molecular weight excluding hydrogens is 284 g/mol. The fourth-order valence-electron chi connectivity index (χ4n) is 2.28. The van der Waals surface area contributed by atoms with Crippen LogP contribution in [0.1, 0.15) is 52.4 Å². The van der Waals surface area contributed by atoms with Gasteiger partial charge in [-0.2, -0.15) is 0 Å². The van der Waals surface area contributed by atoms with E-state index >= 15 is 0 Å². The number of amides is 2. The van der Waals surface area contributed by atoms with E-state index in [2.05, 4.69) is 17.6 Å². The van der Waals surface area contributed by atoms with E-state index in [1.165, 1.54) is 0 Å². The maximum Gasteiger partial charge on any atom is 0.220 e. The smallest absolute Gasteiger partial charge is 0.220 e. The molecule has 0 aromatic rings. The highest BCUT2D eigenvalue weighted by Crippen LogP contribution is 2.12. The molecule has 2 amide bonds. The zero-order valence-electron chi connectivity index (χ0n) is 14.5. The van der Waals surface area contributed by atoms with Gasteiger partial charge in [0.1, 0.15) is 0 Å². The minimum atomic E-state index is -0.407. The van der Waals surface area contributed by atoms with Crippen LogP contribution < -0.4 is 10.6 Å². The molecule has 0 radical (unpaired) electrons. The van der Waals surface area contributed by atoms with Crippen molar-refractivity contribution >= 4 is 11.8 Å². The Labute approximate surface area is 134 Å². The molecule has 0 aliphatic heterocycles. The number of carbonyl (C=O) groups excluding carboxylic acids is 2. The number of rotatable bonds is 13. The lowest BCUT2D eigenvalue weighted by Crippen LogP contribution is -2.53. The van der Waals surface area contributed by atoms with Crippen LogP contribution in [0.2, 0.25) is 0 Å².